The van der Waals surface area contributed by atoms with Gasteiger partial charge in [0.2, 0.25) is 0 Å². The Morgan fingerprint density at radius 1 is 1.33 bits per heavy atom. The normalized spacial score (nSPS) is 12.6. The molecule has 0 saturated heterocycles. The highest BCUT2D eigenvalue weighted by atomic mass is 35.5. The van der Waals surface area contributed by atoms with E-state index in [0.717, 1.165) is 12.0 Å². The van der Waals surface area contributed by atoms with Crippen molar-refractivity contribution < 1.29 is 4.74 Å². The molecule has 0 saturated carbocycles. The molecule has 0 fully saturated rings. The van der Waals surface area contributed by atoms with Crippen LogP contribution in [0.1, 0.15) is 24.8 Å². The number of methoxy groups -OCH3 is 1. The van der Waals surface area contributed by atoms with Crippen LogP contribution in [0, 0.1) is 0 Å². The first-order valence-electron chi connectivity index (χ1n) is 4.83. The lowest BCUT2D eigenvalue weighted by atomic mass is 9.98. The minimum absolute atomic E-state index is 0.311. The standard InChI is InChI=1S/C11H15Cl2NO/c1-7(3-4-14)8-5-10(13)11(15-2)6-9(8)12/h5-7H,3-4,14H2,1-2H3. The minimum Gasteiger partial charge on any atom is -0.495 e. The van der Waals surface area contributed by atoms with Crippen LogP contribution in [0.3, 0.4) is 0 Å². The van der Waals surface area contributed by atoms with Gasteiger partial charge in [0.25, 0.3) is 0 Å². The third-order valence-corrected chi connectivity index (χ3v) is 3.02. The molecule has 84 valence electrons. The van der Waals surface area contributed by atoms with Crippen molar-refractivity contribution in [2.24, 2.45) is 5.73 Å². The van der Waals surface area contributed by atoms with Crippen molar-refractivity contribution in [3.05, 3.63) is 27.7 Å². The van der Waals surface area contributed by atoms with Gasteiger partial charge in [-0.25, -0.2) is 0 Å². The topological polar surface area (TPSA) is 35.2 Å². The predicted molar refractivity (Wildman–Crippen MR) is 65.1 cm³/mol. The zero-order chi connectivity index (χ0) is 11.4. The molecule has 1 rings (SSSR count). The van der Waals surface area contributed by atoms with Crippen LogP contribution < -0.4 is 10.5 Å². The molecule has 2 nitrogen and oxygen atoms in total. The van der Waals surface area contributed by atoms with E-state index in [1.54, 1.807) is 13.2 Å². The summed E-state index contributed by atoms with van der Waals surface area (Å²) >= 11 is 12.2. The smallest absolute Gasteiger partial charge is 0.138 e. The van der Waals surface area contributed by atoms with Crippen LogP contribution in [0.2, 0.25) is 10.0 Å². The molecular weight excluding hydrogens is 233 g/mol. The number of hydrogen-bond donors (Lipinski definition) is 1. The van der Waals surface area contributed by atoms with Gasteiger partial charge in [0.05, 0.1) is 12.1 Å². The Kier molecular flexibility index (Phi) is 4.71. The van der Waals surface area contributed by atoms with Crippen LogP contribution >= 0.6 is 23.2 Å². The lowest BCUT2D eigenvalue weighted by Gasteiger charge is -2.14. The summed E-state index contributed by atoms with van der Waals surface area (Å²) in [7, 11) is 1.57. The van der Waals surface area contributed by atoms with Crippen LogP contribution in [-0.4, -0.2) is 13.7 Å². The van der Waals surface area contributed by atoms with Crippen LogP contribution in [0.4, 0.5) is 0 Å². The van der Waals surface area contributed by atoms with Crippen LogP contribution in [0.25, 0.3) is 0 Å². The second-order valence-corrected chi connectivity index (χ2v) is 4.30. The largest absolute Gasteiger partial charge is 0.495 e. The Morgan fingerprint density at radius 2 is 2.00 bits per heavy atom. The zero-order valence-electron chi connectivity index (χ0n) is 8.89. The Labute approximate surface area is 100 Å². The zero-order valence-corrected chi connectivity index (χ0v) is 10.4. The molecule has 15 heavy (non-hydrogen) atoms. The van der Waals surface area contributed by atoms with Gasteiger partial charge in [0.1, 0.15) is 5.75 Å². The van der Waals surface area contributed by atoms with E-state index in [0.29, 0.717) is 28.3 Å². The summed E-state index contributed by atoms with van der Waals surface area (Å²) in [5.74, 6) is 0.913. The number of halogens is 2. The molecule has 0 heterocycles. The molecule has 2 N–H and O–H groups in total. The van der Waals surface area contributed by atoms with E-state index in [4.69, 9.17) is 33.7 Å². The third kappa shape index (κ3) is 3.00. The van der Waals surface area contributed by atoms with Gasteiger partial charge in [-0.3, -0.25) is 0 Å². The SMILES string of the molecule is COc1cc(Cl)c(C(C)CCN)cc1Cl. The molecule has 0 aliphatic carbocycles. The molecular formula is C11H15Cl2NO. The molecule has 1 atom stereocenters. The summed E-state index contributed by atoms with van der Waals surface area (Å²) in [5.41, 5.74) is 6.53. The maximum Gasteiger partial charge on any atom is 0.138 e. The summed E-state index contributed by atoms with van der Waals surface area (Å²) in [5, 5.41) is 1.26. The molecule has 0 radical (unpaired) electrons. The van der Waals surface area contributed by atoms with E-state index >= 15 is 0 Å². The fourth-order valence-corrected chi connectivity index (χ4v) is 2.07. The highest BCUT2D eigenvalue weighted by Gasteiger charge is 2.12. The Bertz CT molecular complexity index is 342. The van der Waals surface area contributed by atoms with Gasteiger partial charge in [0.15, 0.2) is 0 Å². The first kappa shape index (κ1) is 12.6. The van der Waals surface area contributed by atoms with E-state index < -0.39 is 0 Å². The van der Waals surface area contributed by atoms with Crippen LogP contribution in [0.5, 0.6) is 5.75 Å². The molecule has 4 heteroatoms. The van der Waals surface area contributed by atoms with Crippen molar-refractivity contribution in [3.63, 3.8) is 0 Å². The van der Waals surface area contributed by atoms with Gasteiger partial charge in [-0.05, 0) is 30.5 Å². The van der Waals surface area contributed by atoms with Crippen molar-refractivity contribution in [2.45, 2.75) is 19.3 Å². The van der Waals surface area contributed by atoms with Gasteiger partial charge in [-0.1, -0.05) is 30.1 Å². The van der Waals surface area contributed by atoms with Crippen molar-refractivity contribution in [1.82, 2.24) is 0 Å². The molecule has 0 amide bonds. The lowest BCUT2D eigenvalue weighted by molar-refractivity contribution is 0.415. The molecule has 0 aromatic heterocycles. The van der Waals surface area contributed by atoms with Crippen molar-refractivity contribution in [2.75, 3.05) is 13.7 Å². The molecule has 0 bridgehead atoms. The van der Waals surface area contributed by atoms with Gasteiger partial charge in [0, 0.05) is 11.1 Å². The van der Waals surface area contributed by atoms with E-state index in [1.165, 1.54) is 0 Å². The molecule has 1 aromatic rings. The van der Waals surface area contributed by atoms with Crippen molar-refractivity contribution in [3.8, 4) is 5.75 Å². The second-order valence-electron chi connectivity index (χ2n) is 3.49. The number of rotatable bonds is 4. The first-order valence-corrected chi connectivity index (χ1v) is 5.58. The fourth-order valence-electron chi connectivity index (χ4n) is 1.48. The maximum atomic E-state index is 6.13. The predicted octanol–water partition coefficient (Wildman–Crippen LogP) is 3.45. The highest BCUT2D eigenvalue weighted by Crippen LogP contribution is 2.35. The second kappa shape index (κ2) is 5.59. The maximum absolute atomic E-state index is 6.13. The Balaban J connectivity index is 3.04. The molecule has 0 spiro atoms. The van der Waals surface area contributed by atoms with E-state index in [2.05, 4.69) is 6.92 Å². The van der Waals surface area contributed by atoms with Crippen molar-refractivity contribution in [1.29, 1.82) is 0 Å². The lowest BCUT2D eigenvalue weighted by Crippen LogP contribution is -2.05. The van der Waals surface area contributed by atoms with Crippen LogP contribution in [-0.2, 0) is 0 Å². The van der Waals surface area contributed by atoms with Crippen LogP contribution in [0.15, 0.2) is 12.1 Å². The van der Waals surface area contributed by atoms with E-state index in [1.807, 2.05) is 6.07 Å². The minimum atomic E-state index is 0.311. The summed E-state index contributed by atoms with van der Waals surface area (Å²) in [4.78, 5) is 0. The monoisotopic (exact) mass is 247 g/mol. The number of nitrogens with two attached hydrogens (primary N) is 1. The van der Waals surface area contributed by atoms with Gasteiger partial charge in [-0.2, -0.15) is 0 Å². The fraction of sp³-hybridized carbons (Fsp3) is 0.455. The summed E-state index contributed by atoms with van der Waals surface area (Å²) < 4.78 is 5.08. The average Bonchev–Trinajstić information content (AvgIpc) is 2.21. The average molecular weight is 248 g/mol. The van der Waals surface area contributed by atoms with Gasteiger partial charge in [-0.15, -0.1) is 0 Å². The number of benzene rings is 1. The van der Waals surface area contributed by atoms with Gasteiger partial charge < -0.3 is 10.5 Å². The molecule has 0 aliphatic rings. The number of hydrogen-bond acceptors (Lipinski definition) is 2. The molecule has 0 aliphatic heterocycles. The highest BCUT2D eigenvalue weighted by molar-refractivity contribution is 6.34. The Hall–Kier alpha value is -0.440. The quantitative estimate of drug-likeness (QED) is 0.885. The summed E-state index contributed by atoms with van der Waals surface area (Å²) in [6, 6.07) is 3.59. The summed E-state index contributed by atoms with van der Waals surface area (Å²) in [6.07, 6.45) is 0.891. The molecule has 1 aromatic carbocycles. The van der Waals surface area contributed by atoms with Crippen molar-refractivity contribution >= 4 is 23.2 Å². The van der Waals surface area contributed by atoms with Gasteiger partial charge >= 0.3 is 0 Å². The third-order valence-electron chi connectivity index (χ3n) is 2.40. The van der Waals surface area contributed by atoms with E-state index in [9.17, 15) is 0 Å². The molecule has 1 unspecified atom stereocenters. The number of ether oxygens (including phenoxy) is 1. The first-order chi connectivity index (χ1) is 7.10. The Morgan fingerprint density at radius 3 is 2.53 bits per heavy atom. The van der Waals surface area contributed by atoms with E-state index in [-0.39, 0.29) is 0 Å². The summed E-state index contributed by atoms with van der Waals surface area (Å²) in [6.45, 7) is 2.72.